The highest BCUT2D eigenvalue weighted by molar-refractivity contribution is 7.13. The number of carbonyl (C=O) groups excluding carboxylic acids is 3. The number of carbonyl (C=O) groups is 3. The molecule has 13 nitrogen and oxygen atoms in total. The molecule has 0 bridgehead atoms. The van der Waals surface area contributed by atoms with Crippen LogP contribution in [0.4, 0.5) is 5.82 Å². The molecule has 5 atom stereocenters. The van der Waals surface area contributed by atoms with Gasteiger partial charge < -0.3 is 25.0 Å². The number of benzene rings is 3. The molecule has 2 N–H and O–H groups in total. The number of rotatable bonds is 16. The van der Waals surface area contributed by atoms with Crippen LogP contribution in [0.3, 0.4) is 0 Å². The van der Waals surface area contributed by atoms with E-state index in [1.807, 2.05) is 88.1 Å². The minimum atomic E-state index is -0.820. The van der Waals surface area contributed by atoms with E-state index in [9.17, 15) is 24.8 Å². The summed E-state index contributed by atoms with van der Waals surface area (Å²) in [5.74, 6) is 1.43. The fraction of sp³-hybridized carbons (Fsp3) is 0.431. The summed E-state index contributed by atoms with van der Waals surface area (Å²) in [6, 6.07) is 25.6. The van der Waals surface area contributed by atoms with Gasteiger partial charge in [-0.15, -0.1) is 11.3 Å². The standard InChI is InChI=1S/C58H65ClN8O5S/c1-34(2)52(55(71)66-32-45(68)25-48(66)54(70)64-35(3)39-13-15-41(16-14-39)53-36(4)62-33-73-53)67-31-44(29-63-67)42-19-21-61-51(24-42)65-22-20-38(30-65)23-37-9-11-40(12-10-37)49(69)27-50-57(5,6)56(58(50,7)8)72-46-18-17-43(28-60)47(59)26-46/h9-19,21,24,26,29,31,33-35,38,45,48,50,52,56,68H,20,22-23,25,27,30,32H2,1-8H3,(H,64,70)/t35-,38-,45+,48-,50?,52-,56?/m0/s1. The molecule has 6 aromatic rings. The number of aryl methyl sites for hydroxylation is 1. The predicted molar refractivity (Wildman–Crippen MR) is 285 cm³/mol. The van der Waals surface area contributed by atoms with Crippen LogP contribution in [0.5, 0.6) is 5.75 Å². The Morgan fingerprint density at radius 3 is 2.36 bits per heavy atom. The molecule has 2 amide bonds. The second-order valence-electron chi connectivity index (χ2n) is 21.9. The fourth-order valence-electron chi connectivity index (χ4n) is 12.0. The second kappa shape index (κ2) is 20.8. The first-order valence-electron chi connectivity index (χ1n) is 25.4. The third-order valence-corrected chi connectivity index (χ3v) is 17.0. The van der Waals surface area contributed by atoms with E-state index in [1.54, 1.807) is 40.4 Å². The van der Waals surface area contributed by atoms with Crippen molar-refractivity contribution in [1.82, 2.24) is 30.0 Å². The molecule has 1 aliphatic carbocycles. The van der Waals surface area contributed by atoms with Crippen molar-refractivity contribution in [3.8, 4) is 33.4 Å². The summed E-state index contributed by atoms with van der Waals surface area (Å²) in [6.45, 7) is 18.3. The number of nitriles is 1. The van der Waals surface area contributed by atoms with Crippen molar-refractivity contribution in [2.24, 2.45) is 28.6 Å². The number of β-amino-alcohol motifs (C(OH)–C–C–N with tert-alkyl or cyclic N) is 1. The number of hydrogen-bond donors (Lipinski definition) is 2. The zero-order chi connectivity index (χ0) is 51.9. The molecule has 3 aliphatic rings. The number of ether oxygens (including phenoxy) is 1. The molecular formula is C58H65ClN8O5S. The van der Waals surface area contributed by atoms with Gasteiger partial charge in [0.1, 0.15) is 35.8 Å². The van der Waals surface area contributed by atoms with Crippen molar-refractivity contribution in [1.29, 1.82) is 5.26 Å². The lowest BCUT2D eigenvalue weighted by molar-refractivity contribution is -0.196. The first-order valence-corrected chi connectivity index (χ1v) is 26.6. The molecule has 1 saturated carbocycles. The molecule has 2 aliphatic heterocycles. The zero-order valence-electron chi connectivity index (χ0n) is 42.9. The topological polar surface area (TPSA) is 167 Å². The Morgan fingerprint density at radius 2 is 1.68 bits per heavy atom. The number of likely N-dealkylation sites (tertiary alicyclic amines) is 1. The maximum atomic E-state index is 14.5. The van der Waals surface area contributed by atoms with Crippen LogP contribution in [0.2, 0.25) is 5.02 Å². The van der Waals surface area contributed by atoms with Gasteiger partial charge in [0.05, 0.1) is 45.0 Å². The zero-order valence-corrected chi connectivity index (χ0v) is 44.5. The van der Waals surface area contributed by atoms with Crippen LogP contribution >= 0.6 is 22.9 Å². The molecule has 73 heavy (non-hydrogen) atoms. The van der Waals surface area contributed by atoms with E-state index >= 15 is 0 Å². The van der Waals surface area contributed by atoms with Crippen LogP contribution in [-0.2, 0) is 16.0 Å². The summed E-state index contributed by atoms with van der Waals surface area (Å²) in [4.78, 5) is 56.1. The number of nitrogens with one attached hydrogen (secondary N) is 1. The van der Waals surface area contributed by atoms with Gasteiger partial charge in [0.15, 0.2) is 5.78 Å². The lowest BCUT2D eigenvalue weighted by Gasteiger charge is -2.63. The number of halogens is 1. The Kier molecular flexibility index (Phi) is 14.7. The van der Waals surface area contributed by atoms with E-state index in [1.165, 1.54) is 10.5 Å². The molecule has 0 radical (unpaired) electrons. The third kappa shape index (κ3) is 10.5. The molecule has 5 heterocycles. The van der Waals surface area contributed by atoms with Crippen LogP contribution < -0.4 is 15.0 Å². The van der Waals surface area contributed by atoms with E-state index in [-0.39, 0.29) is 65.4 Å². The second-order valence-corrected chi connectivity index (χ2v) is 23.2. The summed E-state index contributed by atoms with van der Waals surface area (Å²) >= 11 is 7.89. The van der Waals surface area contributed by atoms with Gasteiger partial charge in [-0.25, -0.2) is 9.97 Å². The SMILES string of the molecule is Cc1ncsc1-c1ccc([C@H](C)NC(=O)[C@@H]2C[C@@H](O)CN2C(=O)[C@H](C(C)C)n2cc(-c3ccnc(N4CC[C@@H](Cc5ccc(C(=O)CC6C(C)(C)C(Oc7ccc(C#N)c(Cl)c7)C6(C)C)cc5)C4)c3)cn2)cc1. The van der Waals surface area contributed by atoms with Gasteiger partial charge in [-0.05, 0) is 91.0 Å². The van der Waals surface area contributed by atoms with E-state index in [0.29, 0.717) is 34.2 Å². The molecule has 2 saturated heterocycles. The van der Waals surface area contributed by atoms with E-state index < -0.39 is 18.2 Å². The monoisotopic (exact) mass is 1020 g/mol. The number of anilines is 1. The molecule has 0 unspecified atom stereocenters. The van der Waals surface area contributed by atoms with Gasteiger partial charge in [0, 0.05) is 72.9 Å². The average molecular weight is 1020 g/mol. The Hall–Kier alpha value is -6.40. The van der Waals surface area contributed by atoms with Crippen molar-refractivity contribution in [2.45, 2.75) is 111 Å². The van der Waals surface area contributed by atoms with Crippen LogP contribution in [0.25, 0.3) is 21.6 Å². The smallest absolute Gasteiger partial charge is 0.248 e. The summed E-state index contributed by atoms with van der Waals surface area (Å²) in [5, 5.41) is 28.3. The maximum absolute atomic E-state index is 14.5. The summed E-state index contributed by atoms with van der Waals surface area (Å²) in [7, 11) is 0. The quantitative estimate of drug-likeness (QED) is 0.0891. The predicted octanol–water partition coefficient (Wildman–Crippen LogP) is 10.7. The van der Waals surface area contributed by atoms with Crippen molar-refractivity contribution >= 4 is 46.4 Å². The summed E-state index contributed by atoms with van der Waals surface area (Å²) in [6.07, 6.45) is 6.99. The molecular weight excluding hydrogens is 956 g/mol. The average Bonchev–Trinajstić information content (AvgIpc) is 4.21. The summed E-state index contributed by atoms with van der Waals surface area (Å²) < 4.78 is 8.14. The number of pyridine rings is 1. The lowest BCUT2D eigenvalue weighted by atomic mass is 9.44. The fourth-order valence-corrected chi connectivity index (χ4v) is 13.0. The number of hydrogen-bond acceptors (Lipinski definition) is 11. The van der Waals surface area contributed by atoms with E-state index in [2.05, 4.69) is 67.2 Å². The molecule has 3 aromatic carbocycles. The number of Topliss-reactive ketones (excluding diaryl/α,β-unsaturated/α-hetero) is 1. The van der Waals surface area contributed by atoms with Crippen molar-refractivity contribution < 1.29 is 24.2 Å². The van der Waals surface area contributed by atoms with E-state index in [4.69, 9.17) is 26.4 Å². The van der Waals surface area contributed by atoms with Crippen LogP contribution in [0.15, 0.2) is 103 Å². The van der Waals surface area contributed by atoms with Crippen LogP contribution in [-0.4, -0.2) is 85.2 Å². The maximum Gasteiger partial charge on any atom is 0.248 e. The third-order valence-electron chi connectivity index (χ3n) is 15.8. The first kappa shape index (κ1) is 51.5. The Bertz CT molecular complexity index is 3020. The minimum absolute atomic E-state index is 0.0665. The van der Waals surface area contributed by atoms with Gasteiger partial charge in [-0.1, -0.05) is 102 Å². The molecule has 3 fully saturated rings. The normalized spacial score (nSPS) is 21.9. The molecule has 380 valence electrons. The van der Waals surface area contributed by atoms with Crippen LogP contribution in [0, 0.1) is 46.8 Å². The van der Waals surface area contributed by atoms with Gasteiger partial charge in [0.2, 0.25) is 11.8 Å². The molecule has 9 rings (SSSR count). The number of amides is 2. The Balaban J connectivity index is 0.789. The van der Waals surface area contributed by atoms with Gasteiger partial charge >= 0.3 is 0 Å². The van der Waals surface area contributed by atoms with Gasteiger partial charge in [0.25, 0.3) is 0 Å². The van der Waals surface area contributed by atoms with Crippen molar-refractivity contribution in [2.75, 3.05) is 24.5 Å². The van der Waals surface area contributed by atoms with Gasteiger partial charge in [-0.3, -0.25) is 19.1 Å². The molecule has 0 spiro atoms. The largest absolute Gasteiger partial charge is 0.489 e. The first-order chi connectivity index (χ1) is 34.8. The number of ketones is 1. The van der Waals surface area contributed by atoms with Gasteiger partial charge in [-0.2, -0.15) is 10.4 Å². The Labute approximate surface area is 437 Å². The van der Waals surface area contributed by atoms with E-state index in [0.717, 1.165) is 64.6 Å². The molecule has 15 heteroatoms. The number of thiazole rings is 1. The highest BCUT2D eigenvalue weighted by atomic mass is 35.5. The highest BCUT2D eigenvalue weighted by Crippen LogP contribution is 2.62. The minimum Gasteiger partial charge on any atom is -0.489 e. The summed E-state index contributed by atoms with van der Waals surface area (Å²) in [5.41, 5.74) is 8.40. The van der Waals surface area contributed by atoms with Crippen molar-refractivity contribution in [3.63, 3.8) is 0 Å². The number of aromatic nitrogens is 4. The Morgan fingerprint density at radius 1 is 0.945 bits per heavy atom. The number of aliphatic hydroxyl groups is 1. The lowest BCUT2D eigenvalue weighted by Crippen LogP contribution is -2.66. The molecule has 3 aromatic heterocycles. The number of aliphatic hydroxyl groups excluding tert-OH is 1. The van der Waals surface area contributed by atoms with Crippen molar-refractivity contribution in [3.05, 3.63) is 136 Å². The number of nitrogens with zero attached hydrogens (tertiary/aromatic N) is 7. The van der Waals surface area contributed by atoms with Crippen LogP contribution in [0.1, 0.15) is 113 Å². The highest BCUT2D eigenvalue weighted by Gasteiger charge is 2.63.